The summed E-state index contributed by atoms with van der Waals surface area (Å²) in [4.78, 5) is 3.75. The average Bonchev–Trinajstić information content (AvgIpc) is 2.90. The summed E-state index contributed by atoms with van der Waals surface area (Å²) in [5, 5.41) is 1.32. The molecule has 0 saturated heterocycles. The van der Waals surface area contributed by atoms with E-state index in [2.05, 4.69) is 86.6 Å². The Labute approximate surface area is 173 Å². The number of nitrogens with zero attached hydrogens (tertiary/aromatic N) is 2. The summed E-state index contributed by atoms with van der Waals surface area (Å²) in [6, 6.07) is 13.8. The zero-order chi connectivity index (χ0) is 17.3. The van der Waals surface area contributed by atoms with Crippen LogP contribution >= 0.6 is 11.8 Å². The molecule has 4 heteroatoms. The third-order valence-electron chi connectivity index (χ3n) is 4.79. The number of anilines is 1. The van der Waals surface area contributed by atoms with E-state index >= 15 is 0 Å². The lowest BCUT2D eigenvalue weighted by atomic mass is 10.1. The molecule has 2 aromatic rings. The molecular formula is C21H27IN2S. The number of pyridine rings is 1. The molecule has 0 radical (unpaired) electrons. The Morgan fingerprint density at radius 2 is 1.76 bits per heavy atom. The Hall–Kier alpha value is -1.01. The van der Waals surface area contributed by atoms with E-state index in [1.54, 1.807) is 0 Å². The van der Waals surface area contributed by atoms with E-state index in [0.717, 1.165) is 13.0 Å². The fourth-order valence-electron chi connectivity index (χ4n) is 3.53. The third-order valence-corrected chi connectivity index (χ3v) is 5.90. The second-order valence-corrected chi connectivity index (χ2v) is 7.56. The minimum atomic E-state index is 0. The van der Waals surface area contributed by atoms with Gasteiger partial charge in [0.15, 0.2) is 17.4 Å². The number of para-hydroxylation sites is 1. The molecule has 0 saturated carbocycles. The van der Waals surface area contributed by atoms with Gasteiger partial charge in [0.2, 0.25) is 0 Å². The van der Waals surface area contributed by atoms with Gasteiger partial charge in [-0.3, -0.25) is 0 Å². The smallest absolute Gasteiger partial charge is 0.179 e. The maximum Gasteiger partial charge on any atom is 0.179 e. The molecule has 2 heterocycles. The second-order valence-electron chi connectivity index (χ2n) is 6.50. The van der Waals surface area contributed by atoms with Crippen molar-refractivity contribution in [1.29, 1.82) is 0 Å². The molecule has 1 aliphatic rings. The van der Waals surface area contributed by atoms with Gasteiger partial charge in [-0.25, -0.2) is 0 Å². The van der Waals surface area contributed by atoms with Gasteiger partial charge in [-0.1, -0.05) is 30.8 Å². The van der Waals surface area contributed by atoms with Crippen LogP contribution in [0.1, 0.15) is 50.2 Å². The van der Waals surface area contributed by atoms with E-state index in [1.807, 2.05) is 11.8 Å². The lowest BCUT2D eigenvalue weighted by Crippen LogP contribution is -3.00. The number of aromatic nitrogens is 1. The highest BCUT2D eigenvalue weighted by atomic mass is 127. The van der Waals surface area contributed by atoms with Crippen molar-refractivity contribution >= 4 is 23.5 Å². The van der Waals surface area contributed by atoms with Crippen molar-refractivity contribution in [2.75, 3.05) is 11.4 Å². The number of halogens is 1. The van der Waals surface area contributed by atoms with Crippen LogP contribution in [0.2, 0.25) is 0 Å². The molecule has 134 valence electrons. The first-order valence-electron chi connectivity index (χ1n) is 8.84. The Balaban J connectivity index is 0.00000225. The van der Waals surface area contributed by atoms with E-state index in [-0.39, 0.29) is 24.0 Å². The van der Waals surface area contributed by atoms with E-state index < -0.39 is 0 Å². The summed E-state index contributed by atoms with van der Waals surface area (Å²) in [6.45, 7) is 12.2. The van der Waals surface area contributed by atoms with Gasteiger partial charge in [-0.2, -0.15) is 4.57 Å². The van der Waals surface area contributed by atoms with Crippen LogP contribution in [0, 0.1) is 13.8 Å². The van der Waals surface area contributed by atoms with Crippen molar-refractivity contribution in [3.05, 3.63) is 58.4 Å². The Bertz CT molecular complexity index is 762. The lowest BCUT2D eigenvalue weighted by molar-refractivity contribution is -0.730. The first kappa shape index (κ1) is 20.3. The van der Waals surface area contributed by atoms with Crippen molar-refractivity contribution in [3.8, 4) is 0 Å². The number of aryl methyl sites for hydroxylation is 2. The van der Waals surface area contributed by atoms with Crippen LogP contribution in [-0.4, -0.2) is 6.54 Å². The van der Waals surface area contributed by atoms with Crippen LogP contribution < -0.4 is 33.4 Å². The van der Waals surface area contributed by atoms with Gasteiger partial charge in [0.25, 0.3) is 0 Å². The normalized spacial score (nSPS) is 15.9. The minimum Gasteiger partial charge on any atom is -1.00 e. The van der Waals surface area contributed by atoms with Gasteiger partial charge >= 0.3 is 0 Å². The molecule has 0 fully saturated rings. The van der Waals surface area contributed by atoms with E-state index in [1.165, 1.54) is 32.6 Å². The topological polar surface area (TPSA) is 7.12 Å². The standard InChI is InChI=1S/C21H27N2S.HI/c1-6-15(3)23-16(4)12-18(13-17(23)5)14-21-22(7-2)19-10-8-9-11-20(19)24-21;/h8-15H,6-7H2,1-5H3;1H/q+1;/p-1. The highest BCUT2D eigenvalue weighted by Crippen LogP contribution is 2.46. The minimum absolute atomic E-state index is 0. The molecule has 0 amide bonds. The fourth-order valence-corrected chi connectivity index (χ4v) is 4.72. The quantitative estimate of drug-likeness (QED) is 0.505. The average molecular weight is 466 g/mol. The maximum absolute atomic E-state index is 2.44. The Morgan fingerprint density at radius 3 is 2.36 bits per heavy atom. The van der Waals surface area contributed by atoms with Crippen LogP contribution in [-0.2, 0) is 0 Å². The van der Waals surface area contributed by atoms with Crippen LogP contribution in [0.5, 0.6) is 0 Å². The molecule has 1 atom stereocenters. The number of rotatable bonds is 4. The van der Waals surface area contributed by atoms with Crippen molar-refractivity contribution in [2.24, 2.45) is 0 Å². The third kappa shape index (κ3) is 4.05. The predicted octanol–water partition coefficient (Wildman–Crippen LogP) is 2.50. The maximum atomic E-state index is 2.44. The molecule has 1 unspecified atom stereocenters. The molecule has 1 aromatic carbocycles. The summed E-state index contributed by atoms with van der Waals surface area (Å²) >= 11 is 1.87. The van der Waals surface area contributed by atoms with Crippen LogP contribution in [0.25, 0.3) is 6.08 Å². The molecule has 0 N–H and O–H groups in total. The molecular weight excluding hydrogens is 439 g/mol. The molecule has 2 nitrogen and oxygen atoms in total. The van der Waals surface area contributed by atoms with Crippen LogP contribution in [0.3, 0.4) is 0 Å². The predicted molar refractivity (Wildman–Crippen MR) is 104 cm³/mol. The SMILES string of the molecule is CCC(C)[n+]1c(C)cc(/C=C2\Sc3ccccc3N2CC)cc1C.[I-]. The summed E-state index contributed by atoms with van der Waals surface area (Å²) < 4.78 is 2.44. The summed E-state index contributed by atoms with van der Waals surface area (Å²) in [6.07, 6.45) is 3.48. The van der Waals surface area contributed by atoms with Gasteiger partial charge in [-0.15, -0.1) is 0 Å². The number of benzene rings is 1. The molecule has 3 rings (SSSR count). The number of hydrogen-bond acceptors (Lipinski definition) is 2. The summed E-state index contributed by atoms with van der Waals surface area (Å²) in [7, 11) is 0. The zero-order valence-corrected chi connectivity index (χ0v) is 18.7. The van der Waals surface area contributed by atoms with Gasteiger partial charge in [0.1, 0.15) is 0 Å². The van der Waals surface area contributed by atoms with Gasteiger partial charge in [0.05, 0.1) is 10.7 Å². The molecule has 0 spiro atoms. The van der Waals surface area contributed by atoms with Gasteiger partial charge in [0, 0.05) is 43.8 Å². The van der Waals surface area contributed by atoms with E-state index in [4.69, 9.17) is 0 Å². The zero-order valence-electron chi connectivity index (χ0n) is 15.7. The Kier molecular flexibility index (Phi) is 6.97. The first-order valence-corrected chi connectivity index (χ1v) is 9.65. The molecule has 25 heavy (non-hydrogen) atoms. The van der Waals surface area contributed by atoms with Crippen LogP contribution in [0.15, 0.2) is 46.3 Å². The highest BCUT2D eigenvalue weighted by molar-refractivity contribution is 8.03. The van der Waals surface area contributed by atoms with Crippen molar-refractivity contribution in [2.45, 2.75) is 52.0 Å². The highest BCUT2D eigenvalue weighted by Gasteiger charge is 2.24. The fraction of sp³-hybridized carbons (Fsp3) is 0.381. The number of thioether (sulfide) groups is 1. The molecule has 1 aliphatic heterocycles. The summed E-state index contributed by atoms with van der Waals surface area (Å²) in [5.74, 6) is 0. The van der Waals surface area contributed by atoms with Crippen molar-refractivity contribution in [3.63, 3.8) is 0 Å². The first-order chi connectivity index (χ1) is 11.5. The van der Waals surface area contributed by atoms with Gasteiger partial charge in [-0.05, 0) is 37.6 Å². The van der Waals surface area contributed by atoms with Crippen molar-refractivity contribution in [1.82, 2.24) is 0 Å². The molecule has 0 aliphatic carbocycles. The molecule has 0 bridgehead atoms. The van der Waals surface area contributed by atoms with E-state index in [0.29, 0.717) is 6.04 Å². The molecule has 1 aromatic heterocycles. The largest absolute Gasteiger partial charge is 1.00 e. The van der Waals surface area contributed by atoms with E-state index in [9.17, 15) is 0 Å². The number of hydrogen-bond donors (Lipinski definition) is 0. The van der Waals surface area contributed by atoms with Crippen molar-refractivity contribution < 1.29 is 28.5 Å². The lowest BCUT2D eigenvalue weighted by Gasteiger charge is -2.18. The van der Waals surface area contributed by atoms with Gasteiger partial charge < -0.3 is 28.9 Å². The van der Waals surface area contributed by atoms with Crippen LogP contribution in [0.4, 0.5) is 5.69 Å². The second kappa shape index (κ2) is 8.58. The Morgan fingerprint density at radius 1 is 1.12 bits per heavy atom. The monoisotopic (exact) mass is 466 g/mol. The number of fused-ring (bicyclic) bond motifs is 1. The summed E-state index contributed by atoms with van der Waals surface area (Å²) in [5.41, 5.74) is 5.29.